The Labute approximate surface area is 346 Å². The molecule has 11 aromatic rings. The van der Waals surface area contributed by atoms with Gasteiger partial charge in [0.25, 0.3) is 0 Å². The largest absolute Gasteiger partial charge is 0.309 e. The van der Waals surface area contributed by atoms with Gasteiger partial charge in [-0.15, -0.1) is 11.3 Å². The Balaban J connectivity index is 1.16. The maximum Gasteiger partial charge on any atom is 0.0726 e. The van der Waals surface area contributed by atoms with Crippen molar-refractivity contribution in [3.8, 4) is 32.7 Å². The van der Waals surface area contributed by atoms with Gasteiger partial charge in [0, 0.05) is 26.2 Å². The highest BCUT2D eigenvalue weighted by molar-refractivity contribution is 7.22. The minimum absolute atomic E-state index is 0.451. The number of hydrogen-bond donors (Lipinski definition) is 0. The normalized spacial score (nSPS) is 13.2. The van der Waals surface area contributed by atoms with Gasteiger partial charge in [-0.25, -0.2) is 0 Å². The second-order valence-corrected chi connectivity index (χ2v) is 17.0. The van der Waals surface area contributed by atoms with Crippen LogP contribution in [-0.2, 0) is 5.41 Å². The Morgan fingerprint density at radius 2 is 0.814 bits per heavy atom. The highest BCUT2D eigenvalue weighted by Gasteiger charge is 2.51. The maximum atomic E-state index is 2.56. The summed E-state index contributed by atoms with van der Waals surface area (Å²) in [6, 6.07) is 79.4. The number of fused-ring (bicyclic) bond motifs is 17. The molecule has 0 N–H and O–H groups in total. The van der Waals surface area contributed by atoms with E-state index in [2.05, 4.69) is 217 Å². The first-order valence-corrected chi connectivity index (χ1v) is 21.2. The lowest BCUT2D eigenvalue weighted by Gasteiger charge is -2.33. The second-order valence-electron chi connectivity index (χ2n) is 15.9. The molecule has 0 radical (unpaired) electrons. The summed E-state index contributed by atoms with van der Waals surface area (Å²) in [6.07, 6.45) is 0. The van der Waals surface area contributed by atoms with Crippen molar-refractivity contribution in [2.75, 3.05) is 4.90 Å². The predicted molar refractivity (Wildman–Crippen MR) is 251 cm³/mol. The van der Waals surface area contributed by atoms with Gasteiger partial charge in [0.1, 0.15) is 0 Å². The van der Waals surface area contributed by atoms with Gasteiger partial charge in [-0.05, 0) is 113 Å². The molecule has 1 aromatic heterocycles. The molecule has 0 amide bonds. The van der Waals surface area contributed by atoms with Gasteiger partial charge in [0.2, 0.25) is 0 Å². The summed E-state index contributed by atoms with van der Waals surface area (Å²) in [5.41, 5.74) is 14.8. The molecule has 0 saturated carbocycles. The molecule has 0 unspecified atom stereocenters. The fourth-order valence-corrected chi connectivity index (χ4v) is 11.8. The number of thiophene rings is 1. The Morgan fingerprint density at radius 1 is 0.339 bits per heavy atom. The van der Waals surface area contributed by atoms with Crippen LogP contribution in [0.1, 0.15) is 22.3 Å². The summed E-state index contributed by atoms with van der Waals surface area (Å²) in [7, 11) is 0. The van der Waals surface area contributed by atoms with Crippen molar-refractivity contribution in [1.29, 1.82) is 0 Å². The van der Waals surface area contributed by atoms with Crippen LogP contribution in [0.2, 0.25) is 0 Å². The zero-order chi connectivity index (χ0) is 38.7. The molecule has 0 fully saturated rings. The van der Waals surface area contributed by atoms with Crippen LogP contribution < -0.4 is 4.90 Å². The Bertz CT molecular complexity index is 3390. The highest BCUT2D eigenvalue weighted by atomic mass is 32.1. The number of para-hydroxylation sites is 1. The molecule has 274 valence electrons. The molecule has 2 heteroatoms. The van der Waals surface area contributed by atoms with Gasteiger partial charge in [0.15, 0.2) is 0 Å². The smallest absolute Gasteiger partial charge is 0.0726 e. The molecule has 13 rings (SSSR count). The molecule has 2 aliphatic carbocycles. The van der Waals surface area contributed by atoms with E-state index >= 15 is 0 Å². The van der Waals surface area contributed by atoms with Crippen molar-refractivity contribution < 1.29 is 0 Å². The molecule has 59 heavy (non-hydrogen) atoms. The summed E-state index contributed by atoms with van der Waals surface area (Å²) in [4.78, 5) is 3.82. The van der Waals surface area contributed by atoms with Crippen molar-refractivity contribution in [1.82, 2.24) is 0 Å². The standard InChI is InChI=1S/C57H35NS/c1-14-31-54-36(16-1)34-55(59-54)47-24-9-13-29-52(47)58(53-30-15-25-46-40-18-3-2-17-38(40)39-19-4-5-23-45(39)56(46)53)37-32-33-44-43-22-8-12-28-50(43)57(51(44)35-37)48-26-10-6-20-41(48)42-21-7-11-27-49(42)57/h1-35H. The van der Waals surface area contributed by atoms with Gasteiger partial charge in [0.05, 0.1) is 16.8 Å². The number of anilines is 3. The van der Waals surface area contributed by atoms with Crippen LogP contribution in [0, 0.1) is 0 Å². The predicted octanol–water partition coefficient (Wildman–Crippen LogP) is 15.8. The van der Waals surface area contributed by atoms with Crippen LogP contribution in [0.15, 0.2) is 212 Å². The molecule has 2 aliphatic rings. The van der Waals surface area contributed by atoms with Gasteiger partial charge in [-0.3, -0.25) is 0 Å². The van der Waals surface area contributed by atoms with E-state index < -0.39 is 5.41 Å². The van der Waals surface area contributed by atoms with Gasteiger partial charge in [-0.2, -0.15) is 0 Å². The summed E-state index contributed by atoms with van der Waals surface area (Å²) < 4.78 is 1.29. The maximum absolute atomic E-state index is 2.56. The van der Waals surface area contributed by atoms with Crippen molar-refractivity contribution in [2.45, 2.75) is 5.41 Å². The van der Waals surface area contributed by atoms with Crippen LogP contribution in [-0.4, -0.2) is 0 Å². The molecule has 1 nitrogen and oxygen atoms in total. The molecule has 0 bridgehead atoms. The summed E-state index contributed by atoms with van der Waals surface area (Å²) in [5, 5.41) is 8.84. The SMILES string of the molecule is c1ccc(N(c2ccc3c(c2)C2(c4ccccc4-c4ccccc42)c2ccccc2-3)c2cccc3c4ccccc4c4ccccc4c23)c(-c2cc3ccccc3s2)c1. The average Bonchev–Trinajstić information content (AvgIpc) is 3.96. The second kappa shape index (κ2) is 12.4. The Morgan fingerprint density at radius 3 is 1.46 bits per heavy atom. The third-order valence-electron chi connectivity index (χ3n) is 13.1. The van der Waals surface area contributed by atoms with E-state index in [1.54, 1.807) is 0 Å². The topological polar surface area (TPSA) is 3.24 Å². The Hall–Kier alpha value is -7.26. The van der Waals surface area contributed by atoms with Crippen LogP contribution in [0.25, 0.3) is 75.1 Å². The van der Waals surface area contributed by atoms with E-state index in [0.29, 0.717) is 0 Å². The van der Waals surface area contributed by atoms with E-state index in [4.69, 9.17) is 0 Å². The lowest BCUT2D eigenvalue weighted by Crippen LogP contribution is -2.26. The molecule has 1 spiro atoms. The third-order valence-corrected chi connectivity index (χ3v) is 14.2. The van der Waals surface area contributed by atoms with Crippen molar-refractivity contribution in [3.63, 3.8) is 0 Å². The minimum Gasteiger partial charge on any atom is -0.309 e. The van der Waals surface area contributed by atoms with E-state index in [-0.39, 0.29) is 0 Å². The zero-order valence-electron chi connectivity index (χ0n) is 32.1. The van der Waals surface area contributed by atoms with Crippen molar-refractivity contribution in [2.24, 2.45) is 0 Å². The number of nitrogens with zero attached hydrogens (tertiary/aromatic N) is 1. The summed E-state index contributed by atoms with van der Waals surface area (Å²) >= 11 is 1.87. The minimum atomic E-state index is -0.451. The molecular weight excluding hydrogens is 731 g/mol. The first kappa shape index (κ1) is 32.8. The van der Waals surface area contributed by atoms with E-state index in [9.17, 15) is 0 Å². The first-order valence-electron chi connectivity index (χ1n) is 20.4. The zero-order valence-corrected chi connectivity index (χ0v) is 32.9. The Kier molecular flexibility index (Phi) is 6.87. The number of rotatable bonds is 4. The number of hydrogen-bond acceptors (Lipinski definition) is 2. The average molecular weight is 766 g/mol. The lowest BCUT2D eigenvalue weighted by atomic mass is 9.70. The van der Waals surface area contributed by atoms with Gasteiger partial charge in [-0.1, -0.05) is 176 Å². The summed E-state index contributed by atoms with van der Waals surface area (Å²) in [5.74, 6) is 0. The van der Waals surface area contributed by atoms with E-state index in [0.717, 1.165) is 17.1 Å². The fraction of sp³-hybridized carbons (Fsp3) is 0.0175. The summed E-state index contributed by atoms with van der Waals surface area (Å²) in [6.45, 7) is 0. The van der Waals surface area contributed by atoms with Crippen LogP contribution >= 0.6 is 11.3 Å². The van der Waals surface area contributed by atoms with Crippen molar-refractivity contribution >= 4 is 70.8 Å². The fourth-order valence-electron chi connectivity index (χ4n) is 10.7. The molecular formula is C57H35NS. The molecule has 1 heterocycles. The molecule has 0 saturated heterocycles. The highest BCUT2D eigenvalue weighted by Crippen LogP contribution is 2.63. The quantitative estimate of drug-likeness (QED) is 0.161. The van der Waals surface area contributed by atoms with Crippen LogP contribution in [0.4, 0.5) is 17.1 Å². The van der Waals surface area contributed by atoms with E-state index in [1.807, 2.05) is 11.3 Å². The van der Waals surface area contributed by atoms with Crippen LogP contribution in [0.3, 0.4) is 0 Å². The molecule has 0 aliphatic heterocycles. The monoisotopic (exact) mass is 765 g/mol. The van der Waals surface area contributed by atoms with E-state index in [1.165, 1.54) is 97.4 Å². The van der Waals surface area contributed by atoms with Gasteiger partial charge >= 0.3 is 0 Å². The van der Waals surface area contributed by atoms with Crippen molar-refractivity contribution in [3.05, 3.63) is 235 Å². The van der Waals surface area contributed by atoms with Gasteiger partial charge < -0.3 is 4.90 Å². The lowest BCUT2D eigenvalue weighted by molar-refractivity contribution is 0.793. The van der Waals surface area contributed by atoms with Crippen LogP contribution in [0.5, 0.6) is 0 Å². The third kappa shape index (κ3) is 4.44. The first-order chi connectivity index (χ1) is 29.3. The molecule has 10 aromatic carbocycles. The molecule has 0 atom stereocenters. The number of benzene rings is 10.